The van der Waals surface area contributed by atoms with Crippen LogP contribution >= 0.6 is 11.6 Å². The second-order valence-corrected chi connectivity index (χ2v) is 7.98. The third kappa shape index (κ3) is 5.66. The van der Waals surface area contributed by atoms with E-state index in [4.69, 9.17) is 21.1 Å². The van der Waals surface area contributed by atoms with Crippen LogP contribution in [0.5, 0.6) is 11.6 Å². The number of aromatic nitrogens is 1. The standard InChI is InChI=1S/C23H27ClN2O5/c1-13(2)30-10-6-9-26-22(28)18(12-25)15(4)20(23(26)29)21(27)16(5)31-17-7-8-19(24)14(3)11-17/h7-8,11,13,16,29H,6,9-10H2,1-5H3. The van der Waals surface area contributed by atoms with E-state index in [1.807, 2.05) is 26.8 Å². The van der Waals surface area contributed by atoms with Gasteiger partial charge in [0.05, 0.1) is 11.7 Å². The van der Waals surface area contributed by atoms with E-state index in [0.29, 0.717) is 23.8 Å². The fourth-order valence-electron chi connectivity index (χ4n) is 3.15. The molecule has 0 fully saturated rings. The summed E-state index contributed by atoms with van der Waals surface area (Å²) in [5, 5.41) is 20.8. The molecule has 31 heavy (non-hydrogen) atoms. The number of nitriles is 1. The Morgan fingerprint density at radius 2 is 1.97 bits per heavy atom. The molecule has 1 atom stereocenters. The number of carbonyl (C=O) groups excluding carboxylic acids is 1. The van der Waals surface area contributed by atoms with Crippen LogP contribution < -0.4 is 10.3 Å². The van der Waals surface area contributed by atoms with E-state index < -0.39 is 23.3 Å². The van der Waals surface area contributed by atoms with E-state index in [2.05, 4.69) is 0 Å². The van der Waals surface area contributed by atoms with Crippen LogP contribution in [0.25, 0.3) is 0 Å². The van der Waals surface area contributed by atoms with Crippen LogP contribution in [0.3, 0.4) is 0 Å². The lowest BCUT2D eigenvalue weighted by Crippen LogP contribution is -2.31. The zero-order valence-corrected chi connectivity index (χ0v) is 19.1. The Labute approximate surface area is 186 Å². The topological polar surface area (TPSA) is 102 Å². The Hall–Kier alpha value is -2.82. The maximum absolute atomic E-state index is 13.1. The summed E-state index contributed by atoms with van der Waals surface area (Å²) in [5.41, 5.74) is 0.00858. The van der Waals surface area contributed by atoms with E-state index in [-0.39, 0.29) is 29.3 Å². The number of ether oxygens (including phenoxy) is 2. The number of benzene rings is 1. The monoisotopic (exact) mass is 446 g/mol. The first kappa shape index (κ1) is 24.4. The lowest BCUT2D eigenvalue weighted by Gasteiger charge is -2.19. The van der Waals surface area contributed by atoms with E-state index in [0.717, 1.165) is 10.1 Å². The second-order valence-electron chi connectivity index (χ2n) is 7.58. The third-order valence-electron chi connectivity index (χ3n) is 4.84. The van der Waals surface area contributed by atoms with Crippen LogP contribution in [-0.4, -0.2) is 34.3 Å². The van der Waals surface area contributed by atoms with Gasteiger partial charge in [0.25, 0.3) is 5.56 Å². The quantitative estimate of drug-likeness (QED) is 0.458. The minimum atomic E-state index is -0.966. The molecule has 7 nitrogen and oxygen atoms in total. The first-order valence-corrected chi connectivity index (χ1v) is 10.4. The Morgan fingerprint density at radius 1 is 1.29 bits per heavy atom. The highest BCUT2D eigenvalue weighted by Gasteiger charge is 2.28. The Morgan fingerprint density at radius 3 is 2.55 bits per heavy atom. The van der Waals surface area contributed by atoms with Crippen LogP contribution in [0.2, 0.25) is 5.02 Å². The molecule has 0 aliphatic carbocycles. The largest absolute Gasteiger partial charge is 0.494 e. The van der Waals surface area contributed by atoms with E-state index >= 15 is 0 Å². The molecule has 0 aliphatic rings. The predicted molar refractivity (Wildman–Crippen MR) is 118 cm³/mol. The highest BCUT2D eigenvalue weighted by atomic mass is 35.5. The zero-order chi connectivity index (χ0) is 23.3. The summed E-state index contributed by atoms with van der Waals surface area (Å²) in [4.78, 5) is 25.8. The van der Waals surface area contributed by atoms with Gasteiger partial charge in [-0.15, -0.1) is 0 Å². The summed E-state index contributed by atoms with van der Waals surface area (Å²) in [6, 6.07) is 6.86. The molecule has 1 N–H and O–H groups in total. The normalized spacial score (nSPS) is 11.9. The van der Waals surface area contributed by atoms with Crippen molar-refractivity contribution < 1.29 is 19.4 Å². The third-order valence-corrected chi connectivity index (χ3v) is 5.26. The van der Waals surface area contributed by atoms with Gasteiger partial charge in [0.2, 0.25) is 11.7 Å². The molecule has 2 aromatic rings. The molecule has 1 aromatic heterocycles. The van der Waals surface area contributed by atoms with Gasteiger partial charge in [-0.05, 0) is 70.4 Å². The summed E-state index contributed by atoms with van der Waals surface area (Å²) >= 11 is 6.02. The van der Waals surface area contributed by atoms with Crippen molar-refractivity contribution in [2.24, 2.45) is 0 Å². The molecular formula is C23H27ClN2O5. The zero-order valence-electron chi connectivity index (χ0n) is 18.4. The van der Waals surface area contributed by atoms with Crippen LogP contribution in [0, 0.1) is 25.2 Å². The molecule has 2 rings (SSSR count). The molecule has 0 aliphatic heterocycles. The molecule has 1 aromatic carbocycles. The lowest BCUT2D eigenvalue weighted by atomic mass is 9.99. The Balaban J connectivity index is 2.38. The minimum absolute atomic E-state index is 0.0321. The summed E-state index contributed by atoms with van der Waals surface area (Å²) in [5.74, 6) is -0.565. The van der Waals surface area contributed by atoms with Crippen molar-refractivity contribution in [3.05, 3.63) is 55.8 Å². The van der Waals surface area contributed by atoms with E-state index in [1.165, 1.54) is 6.92 Å². The van der Waals surface area contributed by atoms with Gasteiger partial charge in [-0.1, -0.05) is 11.6 Å². The van der Waals surface area contributed by atoms with Crippen molar-refractivity contribution in [1.82, 2.24) is 4.57 Å². The second kappa shape index (κ2) is 10.5. The summed E-state index contributed by atoms with van der Waals surface area (Å²) in [6.07, 6.45) is -0.500. The van der Waals surface area contributed by atoms with Crippen LogP contribution in [0.1, 0.15) is 54.2 Å². The average molecular weight is 447 g/mol. The molecule has 8 heteroatoms. The molecule has 0 bridgehead atoms. The first-order chi connectivity index (χ1) is 14.6. The van der Waals surface area contributed by atoms with E-state index in [1.54, 1.807) is 25.1 Å². The van der Waals surface area contributed by atoms with Crippen LogP contribution in [0.15, 0.2) is 23.0 Å². The summed E-state index contributed by atoms with van der Waals surface area (Å²) in [6.45, 7) is 9.10. The minimum Gasteiger partial charge on any atom is -0.494 e. The Kier molecular flexibility index (Phi) is 8.26. The average Bonchev–Trinajstić information content (AvgIpc) is 2.70. The number of carbonyl (C=O) groups is 1. The van der Waals surface area contributed by atoms with Gasteiger partial charge in [0, 0.05) is 18.2 Å². The predicted octanol–water partition coefficient (Wildman–Crippen LogP) is 4.16. The van der Waals surface area contributed by atoms with Gasteiger partial charge in [0.15, 0.2) is 6.10 Å². The molecule has 0 saturated carbocycles. The van der Waals surface area contributed by atoms with Gasteiger partial charge in [0.1, 0.15) is 17.4 Å². The fraction of sp³-hybridized carbons (Fsp3) is 0.435. The number of pyridine rings is 1. The fourth-order valence-corrected chi connectivity index (χ4v) is 3.26. The number of nitrogens with zero attached hydrogens (tertiary/aromatic N) is 2. The maximum Gasteiger partial charge on any atom is 0.271 e. The van der Waals surface area contributed by atoms with Crippen molar-refractivity contribution in [2.45, 2.75) is 59.8 Å². The van der Waals surface area contributed by atoms with E-state index in [9.17, 15) is 20.0 Å². The highest BCUT2D eigenvalue weighted by Crippen LogP contribution is 2.26. The number of hydrogen-bond donors (Lipinski definition) is 1. The molecule has 166 valence electrons. The van der Waals surface area contributed by atoms with Crippen molar-refractivity contribution in [3.63, 3.8) is 0 Å². The molecule has 0 amide bonds. The van der Waals surface area contributed by atoms with Crippen LogP contribution in [-0.2, 0) is 11.3 Å². The molecule has 0 spiro atoms. The first-order valence-electron chi connectivity index (χ1n) is 10.0. The molecule has 0 radical (unpaired) electrons. The van der Waals surface area contributed by atoms with Gasteiger partial charge in [-0.25, -0.2) is 0 Å². The molecular weight excluding hydrogens is 420 g/mol. The van der Waals surface area contributed by atoms with Gasteiger partial charge >= 0.3 is 0 Å². The number of rotatable bonds is 9. The summed E-state index contributed by atoms with van der Waals surface area (Å²) < 4.78 is 12.2. The Bertz CT molecular complexity index is 1070. The van der Waals surface area contributed by atoms with Crippen molar-refractivity contribution >= 4 is 17.4 Å². The number of aryl methyl sites for hydroxylation is 1. The maximum atomic E-state index is 13.1. The molecule has 1 unspecified atom stereocenters. The van der Waals surface area contributed by atoms with Gasteiger partial charge < -0.3 is 14.6 Å². The summed E-state index contributed by atoms with van der Waals surface area (Å²) in [7, 11) is 0. The van der Waals surface area contributed by atoms with Crippen molar-refractivity contribution in [1.29, 1.82) is 5.26 Å². The van der Waals surface area contributed by atoms with Gasteiger partial charge in [-0.3, -0.25) is 14.2 Å². The van der Waals surface area contributed by atoms with Gasteiger partial charge in [-0.2, -0.15) is 5.26 Å². The lowest BCUT2D eigenvalue weighted by molar-refractivity contribution is 0.0742. The number of halogens is 1. The number of hydrogen-bond acceptors (Lipinski definition) is 6. The number of aromatic hydroxyl groups is 1. The number of ketones is 1. The molecule has 0 saturated heterocycles. The van der Waals surface area contributed by atoms with Crippen LogP contribution in [0.4, 0.5) is 0 Å². The molecule has 1 heterocycles. The smallest absolute Gasteiger partial charge is 0.271 e. The number of Topliss-reactive ketones (excluding diaryl/α,β-unsaturated/α-hetero) is 1. The SMILES string of the molecule is Cc1cc(OC(C)C(=O)c2c(C)c(C#N)c(=O)n(CCCOC(C)C)c2O)ccc1Cl. The highest BCUT2D eigenvalue weighted by molar-refractivity contribution is 6.31. The van der Waals surface area contributed by atoms with Crippen molar-refractivity contribution in [2.75, 3.05) is 6.61 Å². The van der Waals surface area contributed by atoms with Crippen molar-refractivity contribution in [3.8, 4) is 17.7 Å².